The molecule has 0 spiro atoms. The van der Waals surface area contributed by atoms with Gasteiger partial charge in [0.25, 0.3) is 5.91 Å². The summed E-state index contributed by atoms with van der Waals surface area (Å²) in [5, 5.41) is 0. The Morgan fingerprint density at radius 3 is 1.88 bits per heavy atom. The fraction of sp³-hybridized carbons (Fsp3) is 0.316. The number of likely N-dealkylation sites (N-methyl/N-ethyl adjacent to an activating group) is 1. The zero-order chi connectivity index (χ0) is 17.5. The lowest BCUT2D eigenvalue weighted by Gasteiger charge is -2.22. The monoisotopic (exact) mass is 329 g/mol. The molecule has 5 nitrogen and oxygen atoms in total. The smallest absolute Gasteiger partial charge is 0.263 e. The van der Waals surface area contributed by atoms with Crippen LogP contribution in [0.25, 0.3) is 0 Å². The van der Waals surface area contributed by atoms with Crippen LogP contribution < -0.4 is 14.2 Å². The van der Waals surface area contributed by atoms with Crippen molar-refractivity contribution in [3.05, 3.63) is 54.1 Å². The van der Waals surface area contributed by atoms with Crippen LogP contribution in [0.4, 0.5) is 0 Å². The summed E-state index contributed by atoms with van der Waals surface area (Å²) in [5.74, 6) is 2.10. The predicted octanol–water partition coefficient (Wildman–Crippen LogP) is 3.13. The number of benzene rings is 2. The maximum Gasteiger partial charge on any atom is 0.263 e. The van der Waals surface area contributed by atoms with Crippen LogP contribution in [0.3, 0.4) is 0 Å². The molecule has 5 heteroatoms. The van der Waals surface area contributed by atoms with Gasteiger partial charge in [0.2, 0.25) is 0 Å². The molecule has 128 valence electrons. The molecule has 24 heavy (non-hydrogen) atoms. The first-order valence-corrected chi connectivity index (χ1v) is 7.72. The highest BCUT2D eigenvalue weighted by molar-refractivity contribution is 5.80. The van der Waals surface area contributed by atoms with Gasteiger partial charge in [-0.3, -0.25) is 4.79 Å². The lowest BCUT2D eigenvalue weighted by Crippen LogP contribution is -2.37. The van der Waals surface area contributed by atoms with Crippen molar-refractivity contribution in [2.45, 2.75) is 19.6 Å². The molecule has 1 amide bonds. The average Bonchev–Trinajstić information content (AvgIpc) is 2.62. The van der Waals surface area contributed by atoms with Crippen molar-refractivity contribution in [1.82, 2.24) is 4.90 Å². The molecule has 0 bridgehead atoms. The third kappa shape index (κ3) is 4.65. The normalized spacial score (nSPS) is 11.5. The van der Waals surface area contributed by atoms with Crippen molar-refractivity contribution in [3.63, 3.8) is 0 Å². The molecule has 2 aromatic carbocycles. The number of amides is 1. The van der Waals surface area contributed by atoms with E-state index in [9.17, 15) is 4.79 Å². The molecule has 0 aliphatic heterocycles. The van der Waals surface area contributed by atoms with Crippen LogP contribution in [0.1, 0.15) is 12.5 Å². The maximum absolute atomic E-state index is 12.4. The number of carbonyl (C=O) groups is 1. The van der Waals surface area contributed by atoms with Crippen LogP contribution in [-0.4, -0.2) is 38.2 Å². The third-order valence-corrected chi connectivity index (χ3v) is 3.68. The summed E-state index contributed by atoms with van der Waals surface area (Å²) < 4.78 is 15.9. The van der Waals surface area contributed by atoms with Gasteiger partial charge in [-0.25, -0.2) is 0 Å². The lowest BCUT2D eigenvalue weighted by molar-refractivity contribution is -0.137. The average molecular weight is 329 g/mol. The van der Waals surface area contributed by atoms with Gasteiger partial charge < -0.3 is 19.1 Å². The zero-order valence-electron chi connectivity index (χ0n) is 14.5. The van der Waals surface area contributed by atoms with E-state index in [1.807, 2.05) is 24.3 Å². The van der Waals surface area contributed by atoms with E-state index in [0.29, 0.717) is 12.3 Å². The van der Waals surface area contributed by atoms with Gasteiger partial charge in [-0.2, -0.15) is 0 Å². The third-order valence-electron chi connectivity index (χ3n) is 3.68. The Bertz CT molecular complexity index is 595. The Morgan fingerprint density at radius 2 is 1.38 bits per heavy atom. The van der Waals surface area contributed by atoms with E-state index in [1.54, 1.807) is 57.4 Å². The molecule has 0 fully saturated rings. The van der Waals surface area contributed by atoms with E-state index in [1.165, 1.54) is 0 Å². The van der Waals surface area contributed by atoms with Crippen LogP contribution in [0.15, 0.2) is 48.5 Å². The summed E-state index contributed by atoms with van der Waals surface area (Å²) >= 11 is 0. The van der Waals surface area contributed by atoms with Crippen LogP contribution >= 0.6 is 0 Å². The Morgan fingerprint density at radius 1 is 0.917 bits per heavy atom. The van der Waals surface area contributed by atoms with E-state index in [2.05, 4.69) is 0 Å². The molecular weight excluding hydrogens is 306 g/mol. The minimum Gasteiger partial charge on any atom is -0.497 e. The van der Waals surface area contributed by atoms with Crippen molar-refractivity contribution in [2.24, 2.45) is 0 Å². The summed E-state index contributed by atoms with van der Waals surface area (Å²) in [6, 6.07) is 14.8. The first-order chi connectivity index (χ1) is 11.5. The van der Waals surface area contributed by atoms with Gasteiger partial charge >= 0.3 is 0 Å². The topological polar surface area (TPSA) is 48.0 Å². The predicted molar refractivity (Wildman–Crippen MR) is 92.6 cm³/mol. The maximum atomic E-state index is 12.4. The fourth-order valence-electron chi connectivity index (χ4n) is 2.30. The Hall–Kier alpha value is -2.69. The minimum atomic E-state index is -0.568. The van der Waals surface area contributed by atoms with E-state index in [-0.39, 0.29) is 5.91 Å². The fourth-order valence-corrected chi connectivity index (χ4v) is 2.30. The zero-order valence-corrected chi connectivity index (χ0v) is 14.5. The van der Waals surface area contributed by atoms with E-state index >= 15 is 0 Å². The highest BCUT2D eigenvalue weighted by atomic mass is 16.5. The number of carbonyl (C=O) groups excluding carboxylic acids is 1. The minimum absolute atomic E-state index is 0.0818. The van der Waals surface area contributed by atoms with Gasteiger partial charge in [-0.1, -0.05) is 12.1 Å². The first kappa shape index (κ1) is 17.7. The summed E-state index contributed by atoms with van der Waals surface area (Å²) in [4.78, 5) is 14.1. The quantitative estimate of drug-likeness (QED) is 0.783. The van der Waals surface area contributed by atoms with Crippen molar-refractivity contribution in [2.75, 3.05) is 21.3 Å². The standard InChI is InChI=1S/C19H23NO4/c1-14(24-18-11-9-17(23-4)10-12-18)19(21)20(2)13-15-5-7-16(22-3)8-6-15/h5-12,14H,13H2,1-4H3. The molecule has 2 aromatic rings. The number of hydrogen-bond donors (Lipinski definition) is 0. The largest absolute Gasteiger partial charge is 0.497 e. The number of nitrogens with zero attached hydrogens (tertiary/aromatic N) is 1. The molecule has 0 saturated carbocycles. The molecule has 0 aliphatic rings. The van der Waals surface area contributed by atoms with Gasteiger partial charge in [-0.05, 0) is 48.9 Å². The Kier molecular flexibility index (Phi) is 6.07. The SMILES string of the molecule is COc1ccc(CN(C)C(=O)C(C)Oc2ccc(OC)cc2)cc1. The second-order valence-electron chi connectivity index (χ2n) is 5.48. The van der Waals surface area contributed by atoms with E-state index < -0.39 is 6.10 Å². The van der Waals surface area contributed by atoms with Crippen LogP contribution in [0.5, 0.6) is 17.2 Å². The summed E-state index contributed by atoms with van der Waals surface area (Å²) in [7, 11) is 5.00. The molecule has 2 rings (SSSR count). The molecule has 1 atom stereocenters. The summed E-state index contributed by atoms with van der Waals surface area (Å²) in [6.45, 7) is 2.26. The molecule has 0 radical (unpaired) electrons. The van der Waals surface area contributed by atoms with Crippen molar-refractivity contribution >= 4 is 5.91 Å². The van der Waals surface area contributed by atoms with Crippen molar-refractivity contribution < 1.29 is 19.0 Å². The first-order valence-electron chi connectivity index (χ1n) is 7.72. The van der Waals surface area contributed by atoms with Crippen LogP contribution in [-0.2, 0) is 11.3 Å². The number of rotatable bonds is 7. The van der Waals surface area contributed by atoms with Gasteiger partial charge in [0, 0.05) is 13.6 Å². The number of ether oxygens (including phenoxy) is 3. The Balaban J connectivity index is 1.92. The second kappa shape index (κ2) is 8.24. The second-order valence-corrected chi connectivity index (χ2v) is 5.48. The molecule has 1 unspecified atom stereocenters. The van der Waals surface area contributed by atoms with Crippen molar-refractivity contribution in [3.8, 4) is 17.2 Å². The Labute approximate surface area is 142 Å². The van der Waals surface area contributed by atoms with E-state index in [0.717, 1.165) is 17.1 Å². The van der Waals surface area contributed by atoms with Crippen LogP contribution in [0, 0.1) is 0 Å². The molecule has 0 aliphatic carbocycles. The summed E-state index contributed by atoms with van der Waals surface area (Å²) in [5.41, 5.74) is 1.03. The van der Waals surface area contributed by atoms with E-state index in [4.69, 9.17) is 14.2 Å². The van der Waals surface area contributed by atoms with Crippen LogP contribution in [0.2, 0.25) is 0 Å². The summed E-state index contributed by atoms with van der Waals surface area (Å²) in [6.07, 6.45) is -0.568. The molecule has 0 saturated heterocycles. The van der Waals surface area contributed by atoms with Gasteiger partial charge in [0.15, 0.2) is 6.10 Å². The highest BCUT2D eigenvalue weighted by Crippen LogP contribution is 2.19. The van der Waals surface area contributed by atoms with Gasteiger partial charge in [0.1, 0.15) is 17.2 Å². The molecule has 0 N–H and O–H groups in total. The van der Waals surface area contributed by atoms with Gasteiger partial charge in [-0.15, -0.1) is 0 Å². The number of hydrogen-bond acceptors (Lipinski definition) is 4. The lowest BCUT2D eigenvalue weighted by atomic mass is 10.2. The molecule has 0 heterocycles. The number of methoxy groups -OCH3 is 2. The van der Waals surface area contributed by atoms with Crippen molar-refractivity contribution in [1.29, 1.82) is 0 Å². The van der Waals surface area contributed by atoms with Gasteiger partial charge in [0.05, 0.1) is 14.2 Å². The molecule has 0 aromatic heterocycles. The highest BCUT2D eigenvalue weighted by Gasteiger charge is 2.19. The molecular formula is C19H23NO4.